The molecule has 0 radical (unpaired) electrons. The van der Waals surface area contributed by atoms with Crippen molar-refractivity contribution in [3.8, 4) is 0 Å². The van der Waals surface area contributed by atoms with Crippen LogP contribution >= 0.6 is 0 Å². The van der Waals surface area contributed by atoms with Crippen molar-refractivity contribution in [3.63, 3.8) is 0 Å². The zero-order valence-electron chi connectivity index (χ0n) is 13.5. The highest BCUT2D eigenvalue weighted by Gasteiger charge is 2.38. The van der Waals surface area contributed by atoms with E-state index in [2.05, 4.69) is 20.8 Å². The lowest BCUT2D eigenvalue weighted by molar-refractivity contribution is -0.124. The second-order valence-corrected chi connectivity index (χ2v) is 7.28. The lowest BCUT2D eigenvalue weighted by atomic mass is 9.67. The lowest BCUT2D eigenvalue weighted by Gasteiger charge is -2.45. The van der Waals surface area contributed by atoms with Gasteiger partial charge in [-0.2, -0.15) is 0 Å². The Hall–Kier alpha value is -1.14. The highest BCUT2D eigenvalue weighted by Crippen LogP contribution is 2.41. The van der Waals surface area contributed by atoms with Crippen LogP contribution in [0, 0.1) is 17.3 Å². The van der Waals surface area contributed by atoms with E-state index in [0.717, 1.165) is 19.3 Å². The molecule has 0 saturated heterocycles. The number of hydrogen-bond acceptors (Lipinski definition) is 4. The number of carbonyl (C=O) groups excluding carboxylic acids is 2. The molecule has 3 atom stereocenters. The zero-order valence-corrected chi connectivity index (χ0v) is 13.5. The molecule has 3 unspecified atom stereocenters. The second kappa shape index (κ2) is 7.22. The van der Waals surface area contributed by atoms with Gasteiger partial charge in [0.25, 0.3) is 0 Å². The van der Waals surface area contributed by atoms with E-state index in [1.807, 2.05) is 4.90 Å². The summed E-state index contributed by atoms with van der Waals surface area (Å²) in [7, 11) is 0. The largest absolute Gasteiger partial charge is 0.369 e. The minimum absolute atomic E-state index is 0.0565. The Kier molecular flexibility index (Phi) is 6.16. The summed E-state index contributed by atoms with van der Waals surface area (Å²) in [4.78, 5) is 24.4. The lowest BCUT2D eigenvalue weighted by Crippen LogP contribution is -2.53. The molecule has 1 aliphatic rings. The van der Waals surface area contributed by atoms with Crippen LogP contribution in [0.2, 0.25) is 0 Å². The maximum absolute atomic E-state index is 11.3. The molecule has 1 fully saturated rings. The average molecular weight is 298 g/mol. The van der Waals surface area contributed by atoms with Crippen molar-refractivity contribution in [1.29, 1.82) is 0 Å². The summed E-state index contributed by atoms with van der Waals surface area (Å²) in [6.45, 7) is 7.34. The topological polar surface area (TPSA) is 115 Å². The Morgan fingerprint density at radius 3 is 2.00 bits per heavy atom. The number of nitrogens with zero attached hydrogens (tertiary/aromatic N) is 1. The first-order chi connectivity index (χ1) is 9.65. The quantitative estimate of drug-likeness (QED) is 0.642. The number of carbonyl (C=O) groups is 2. The molecule has 6 nitrogen and oxygen atoms in total. The van der Waals surface area contributed by atoms with E-state index in [-0.39, 0.29) is 30.5 Å². The summed E-state index contributed by atoms with van der Waals surface area (Å²) in [5.74, 6) is -0.0642. The summed E-state index contributed by atoms with van der Waals surface area (Å²) in [5.41, 5.74) is 16.7. The van der Waals surface area contributed by atoms with Gasteiger partial charge in [0.1, 0.15) is 0 Å². The smallest absolute Gasteiger partial charge is 0.231 e. The van der Waals surface area contributed by atoms with E-state index in [4.69, 9.17) is 17.2 Å². The standard InChI is InChI=1S/C15H30N4O2/c1-15(2,3)11-5-4-10(7-16)12(6-11)19(8-13(17)20)9-14(18)21/h10-12H,4-9,16H2,1-3H3,(H2,17,20)(H2,18,21). The minimum atomic E-state index is -0.440. The molecule has 0 aromatic heterocycles. The van der Waals surface area contributed by atoms with E-state index in [1.165, 1.54) is 0 Å². The number of hydrogen-bond donors (Lipinski definition) is 3. The van der Waals surface area contributed by atoms with Gasteiger partial charge in [0, 0.05) is 6.04 Å². The molecule has 6 heteroatoms. The Balaban J connectivity index is 2.92. The third kappa shape index (κ3) is 5.28. The second-order valence-electron chi connectivity index (χ2n) is 7.28. The van der Waals surface area contributed by atoms with Crippen LogP contribution in [0.25, 0.3) is 0 Å². The van der Waals surface area contributed by atoms with Gasteiger partial charge in [-0.15, -0.1) is 0 Å². The van der Waals surface area contributed by atoms with Crippen LogP contribution in [-0.2, 0) is 9.59 Å². The van der Waals surface area contributed by atoms with E-state index in [0.29, 0.717) is 12.5 Å². The fourth-order valence-electron chi connectivity index (χ4n) is 3.41. The highest BCUT2D eigenvalue weighted by atomic mass is 16.2. The molecule has 2 amide bonds. The van der Waals surface area contributed by atoms with Crippen LogP contribution in [0.1, 0.15) is 40.0 Å². The molecule has 6 N–H and O–H groups in total. The molecule has 21 heavy (non-hydrogen) atoms. The van der Waals surface area contributed by atoms with E-state index in [1.54, 1.807) is 0 Å². The van der Waals surface area contributed by atoms with Gasteiger partial charge in [0.15, 0.2) is 0 Å². The van der Waals surface area contributed by atoms with Gasteiger partial charge in [0.05, 0.1) is 13.1 Å². The maximum atomic E-state index is 11.3. The van der Waals surface area contributed by atoms with Crippen molar-refractivity contribution < 1.29 is 9.59 Å². The summed E-state index contributed by atoms with van der Waals surface area (Å²) >= 11 is 0. The van der Waals surface area contributed by atoms with E-state index >= 15 is 0 Å². The predicted molar refractivity (Wildman–Crippen MR) is 83.1 cm³/mol. The zero-order chi connectivity index (χ0) is 16.2. The summed E-state index contributed by atoms with van der Waals surface area (Å²) in [5, 5.41) is 0. The van der Waals surface area contributed by atoms with Crippen molar-refractivity contribution in [2.45, 2.75) is 46.1 Å². The fraction of sp³-hybridized carbons (Fsp3) is 0.867. The molecule has 1 saturated carbocycles. The van der Waals surface area contributed by atoms with Crippen LogP contribution in [-0.4, -0.2) is 42.4 Å². The first-order valence-electron chi connectivity index (χ1n) is 7.65. The maximum Gasteiger partial charge on any atom is 0.231 e. The third-order valence-electron chi connectivity index (χ3n) is 4.67. The van der Waals surface area contributed by atoms with Crippen molar-refractivity contribution in [2.24, 2.45) is 34.5 Å². The van der Waals surface area contributed by atoms with E-state index in [9.17, 15) is 9.59 Å². The van der Waals surface area contributed by atoms with Crippen LogP contribution in [0.3, 0.4) is 0 Å². The summed E-state index contributed by atoms with van der Waals surface area (Å²) in [6.07, 6.45) is 3.06. The molecule has 122 valence electrons. The molecule has 0 bridgehead atoms. The van der Waals surface area contributed by atoms with Crippen molar-refractivity contribution >= 4 is 11.8 Å². The average Bonchev–Trinajstić information content (AvgIpc) is 2.35. The number of rotatable bonds is 6. The molecule has 0 aromatic carbocycles. The van der Waals surface area contributed by atoms with Crippen LogP contribution in [0.5, 0.6) is 0 Å². The Labute approximate surface area is 127 Å². The molecule has 0 aromatic rings. The van der Waals surface area contributed by atoms with Gasteiger partial charge >= 0.3 is 0 Å². The number of amides is 2. The SMILES string of the molecule is CC(C)(C)C1CCC(CN)C(N(CC(N)=O)CC(N)=O)C1. The van der Waals surface area contributed by atoms with Gasteiger partial charge < -0.3 is 17.2 Å². The number of nitrogens with two attached hydrogens (primary N) is 3. The highest BCUT2D eigenvalue weighted by molar-refractivity contribution is 5.79. The van der Waals surface area contributed by atoms with E-state index < -0.39 is 11.8 Å². The fourth-order valence-corrected chi connectivity index (χ4v) is 3.41. The van der Waals surface area contributed by atoms with Crippen molar-refractivity contribution in [1.82, 2.24) is 4.90 Å². The van der Waals surface area contributed by atoms with Crippen molar-refractivity contribution in [2.75, 3.05) is 19.6 Å². The Morgan fingerprint density at radius 1 is 1.10 bits per heavy atom. The monoisotopic (exact) mass is 298 g/mol. The molecular weight excluding hydrogens is 268 g/mol. The molecule has 1 aliphatic carbocycles. The molecular formula is C15H30N4O2. The first-order valence-corrected chi connectivity index (χ1v) is 7.65. The normalized spacial score (nSPS) is 26.8. The van der Waals surface area contributed by atoms with Gasteiger partial charge in [-0.05, 0) is 43.1 Å². The van der Waals surface area contributed by atoms with Gasteiger partial charge in [-0.1, -0.05) is 20.8 Å². The van der Waals surface area contributed by atoms with Crippen LogP contribution < -0.4 is 17.2 Å². The van der Waals surface area contributed by atoms with Crippen LogP contribution in [0.15, 0.2) is 0 Å². The number of primary amides is 2. The Morgan fingerprint density at radius 2 is 1.62 bits per heavy atom. The Bertz CT molecular complexity index is 362. The molecule has 0 spiro atoms. The van der Waals surface area contributed by atoms with Gasteiger partial charge in [0.2, 0.25) is 11.8 Å². The van der Waals surface area contributed by atoms with Gasteiger partial charge in [-0.25, -0.2) is 0 Å². The van der Waals surface area contributed by atoms with Gasteiger partial charge in [-0.3, -0.25) is 14.5 Å². The van der Waals surface area contributed by atoms with Crippen LogP contribution in [0.4, 0.5) is 0 Å². The summed E-state index contributed by atoms with van der Waals surface area (Å²) < 4.78 is 0. The minimum Gasteiger partial charge on any atom is -0.369 e. The molecule has 1 rings (SSSR count). The summed E-state index contributed by atoms with van der Waals surface area (Å²) in [6, 6.07) is 0.0907. The first kappa shape index (κ1) is 17.9. The molecule has 0 aliphatic heterocycles. The predicted octanol–water partition coefficient (Wildman–Crippen LogP) is 0.0487. The van der Waals surface area contributed by atoms with Crippen molar-refractivity contribution in [3.05, 3.63) is 0 Å². The third-order valence-corrected chi connectivity index (χ3v) is 4.67. The molecule has 0 heterocycles.